The summed E-state index contributed by atoms with van der Waals surface area (Å²) in [7, 11) is 0. The Morgan fingerprint density at radius 2 is 1.68 bits per heavy atom. The third-order valence-electron chi connectivity index (χ3n) is 5.92. The van der Waals surface area contributed by atoms with Crippen molar-refractivity contribution >= 4 is 22.6 Å². The summed E-state index contributed by atoms with van der Waals surface area (Å²) in [6.45, 7) is 3.85. The van der Waals surface area contributed by atoms with Crippen LogP contribution in [0.4, 0.5) is 28.0 Å². The van der Waals surface area contributed by atoms with E-state index in [-0.39, 0.29) is 23.6 Å². The molecular weight excluding hydrogens is 488 g/mol. The molecule has 6 nitrogen and oxygen atoms in total. The summed E-state index contributed by atoms with van der Waals surface area (Å²) < 4.78 is 53.7. The van der Waals surface area contributed by atoms with Gasteiger partial charge < -0.3 is 10.2 Å². The van der Waals surface area contributed by atoms with E-state index in [1.165, 1.54) is 45.9 Å². The number of fused-ring (bicyclic) bond motifs is 1. The number of rotatable bonds is 6. The van der Waals surface area contributed by atoms with Crippen molar-refractivity contribution in [3.05, 3.63) is 100 Å². The summed E-state index contributed by atoms with van der Waals surface area (Å²) in [5.74, 6) is -0.213. The molecule has 0 bridgehead atoms. The van der Waals surface area contributed by atoms with Crippen LogP contribution in [0.5, 0.6) is 0 Å². The van der Waals surface area contributed by atoms with E-state index in [2.05, 4.69) is 10.3 Å². The molecule has 0 radical (unpaired) electrons. The number of benzene rings is 3. The Bertz CT molecular complexity index is 1470. The summed E-state index contributed by atoms with van der Waals surface area (Å²) in [4.78, 5) is 32.9. The zero-order valence-corrected chi connectivity index (χ0v) is 20.1. The summed E-state index contributed by atoms with van der Waals surface area (Å²) in [5, 5.41) is 2.99. The van der Waals surface area contributed by atoms with Crippen LogP contribution >= 0.6 is 0 Å². The van der Waals surface area contributed by atoms with Crippen LogP contribution in [0.25, 0.3) is 16.6 Å². The van der Waals surface area contributed by atoms with Gasteiger partial charge in [0.05, 0.1) is 28.2 Å². The van der Waals surface area contributed by atoms with E-state index < -0.39 is 29.6 Å². The van der Waals surface area contributed by atoms with Crippen LogP contribution in [0, 0.1) is 5.82 Å². The molecule has 0 fully saturated rings. The molecule has 1 aromatic heterocycles. The third kappa shape index (κ3) is 5.47. The summed E-state index contributed by atoms with van der Waals surface area (Å²) >= 11 is 0. The SMILES string of the molecule is CCCN(C(=O)Nc1ccc(C(F)(F)F)cc1)C(C)c1nc2ccccc2c(=O)n1-c1ccc(F)cc1. The van der Waals surface area contributed by atoms with Gasteiger partial charge in [0.15, 0.2) is 0 Å². The standard InChI is InChI=1S/C27H24F4N4O2/c1-3-16-34(26(37)32-20-12-8-18(9-13-20)27(29,30)31)17(2)24-33-23-7-5-4-6-22(23)25(36)35(24)21-14-10-19(28)11-15-21/h4-15,17H,3,16H2,1-2H3,(H,32,37). The minimum atomic E-state index is -4.49. The fourth-order valence-electron chi connectivity index (χ4n) is 4.06. The van der Waals surface area contributed by atoms with Crippen LogP contribution in [-0.4, -0.2) is 27.0 Å². The molecule has 3 aromatic carbocycles. The molecule has 2 amide bonds. The molecule has 1 unspecified atom stereocenters. The molecule has 0 aliphatic carbocycles. The zero-order chi connectivity index (χ0) is 26.7. The van der Waals surface area contributed by atoms with E-state index >= 15 is 0 Å². The molecule has 0 spiro atoms. The van der Waals surface area contributed by atoms with Gasteiger partial charge in [0.2, 0.25) is 0 Å². The minimum absolute atomic E-state index is 0.189. The van der Waals surface area contributed by atoms with Crippen LogP contribution in [-0.2, 0) is 6.18 Å². The molecular formula is C27H24F4N4O2. The second kappa shape index (κ2) is 10.4. The van der Waals surface area contributed by atoms with Gasteiger partial charge in [-0.15, -0.1) is 0 Å². The lowest BCUT2D eigenvalue weighted by atomic mass is 10.1. The van der Waals surface area contributed by atoms with Crippen molar-refractivity contribution in [3.63, 3.8) is 0 Å². The fourth-order valence-corrected chi connectivity index (χ4v) is 4.06. The van der Waals surface area contributed by atoms with Gasteiger partial charge in [0.1, 0.15) is 11.6 Å². The molecule has 10 heteroatoms. The molecule has 4 aromatic rings. The van der Waals surface area contributed by atoms with Gasteiger partial charge in [0, 0.05) is 12.2 Å². The van der Waals surface area contributed by atoms with Crippen molar-refractivity contribution in [2.24, 2.45) is 0 Å². The molecule has 0 saturated heterocycles. The van der Waals surface area contributed by atoms with Crippen molar-refractivity contribution < 1.29 is 22.4 Å². The average molecular weight is 513 g/mol. The first-order valence-electron chi connectivity index (χ1n) is 11.6. The second-order valence-corrected chi connectivity index (χ2v) is 8.48. The van der Waals surface area contributed by atoms with Crippen LogP contribution in [0.3, 0.4) is 0 Å². The number of aromatic nitrogens is 2. The smallest absolute Gasteiger partial charge is 0.315 e. The van der Waals surface area contributed by atoms with E-state index in [0.29, 0.717) is 23.0 Å². The molecule has 192 valence electrons. The molecule has 1 atom stereocenters. The van der Waals surface area contributed by atoms with Crippen LogP contribution in [0.1, 0.15) is 37.7 Å². The second-order valence-electron chi connectivity index (χ2n) is 8.48. The molecule has 37 heavy (non-hydrogen) atoms. The number of para-hydroxylation sites is 1. The van der Waals surface area contributed by atoms with E-state index in [0.717, 1.165) is 12.1 Å². The first kappa shape index (κ1) is 25.9. The van der Waals surface area contributed by atoms with Crippen molar-refractivity contribution in [3.8, 4) is 5.69 Å². The maximum absolute atomic E-state index is 13.6. The van der Waals surface area contributed by atoms with Crippen LogP contribution in [0.2, 0.25) is 0 Å². The monoisotopic (exact) mass is 512 g/mol. The number of carbonyl (C=O) groups excluding carboxylic acids is 1. The number of hydrogen-bond donors (Lipinski definition) is 1. The van der Waals surface area contributed by atoms with Crippen LogP contribution in [0.15, 0.2) is 77.6 Å². The Labute approximate surface area is 210 Å². The lowest BCUT2D eigenvalue weighted by molar-refractivity contribution is -0.137. The van der Waals surface area contributed by atoms with E-state index in [1.807, 2.05) is 6.92 Å². The first-order valence-corrected chi connectivity index (χ1v) is 11.6. The van der Waals surface area contributed by atoms with Gasteiger partial charge >= 0.3 is 12.2 Å². The van der Waals surface area contributed by atoms with Gasteiger partial charge in [-0.3, -0.25) is 9.36 Å². The van der Waals surface area contributed by atoms with E-state index in [9.17, 15) is 27.2 Å². The zero-order valence-electron chi connectivity index (χ0n) is 20.1. The normalized spacial score (nSPS) is 12.4. The number of hydrogen-bond acceptors (Lipinski definition) is 3. The molecule has 0 aliphatic heterocycles. The lowest BCUT2D eigenvalue weighted by Crippen LogP contribution is -2.40. The predicted molar refractivity (Wildman–Crippen MR) is 133 cm³/mol. The Balaban J connectivity index is 1.75. The van der Waals surface area contributed by atoms with E-state index in [4.69, 9.17) is 0 Å². The Kier molecular flexibility index (Phi) is 7.28. The predicted octanol–water partition coefficient (Wildman–Crippen LogP) is 6.55. The molecule has 1 N–H and O–H groups in total. The number of halogens is 4. The maximum Gasteiger partial charge on any atom is 0.416 e. The third-order valence-corrected chi connectivity index (χ3v) is 5.92. The number of nitrogens with one attached hydrogen (secondary N) is 1. The quantitative estimate of drug-likeness (QED) is 0.298. The van der Waals surface area contributed by atoms with E-state index in [1.54, 1.807) is 31.2 Å². The lowest BCUT2D eigenvalue weighted by Gasteiger charge is -2.30. The van der Waals surface area contributed by atoms with Crippen molar-refractivity contribution in [1.82, 2.24) is 14.5 Å². The topological polar surface area (TPSA) is 67.2 Å². The highest BCUT2D eigenvalue weighted by molar-refractivity contribution is 5.89. The summed E-state index contributed by atoms with van der Waals surface area (Å²) in [5.41, 5.74) is -0.196. The first-order chi connectivity index (χ1) is 17.6. The number of alkyl halides is 3. The Morgan fingerprint density at radius 3 is 2.30 bits per heavy atom. The number of anilines is 1. The average Bonchev–Trinajstić information content (AvgIpc) is 2.87. The van der Waals surface area contributed by atoms with Crippen molar-refractivity contribution in [2.75, 3.05) is 11.9 Å². The minimum Gasteiger partial charge on any atom is -0.315 e. The van der Waals surface area contributed by atoms with Gasteiger partial charge in [-0.2, -0.15) is 13.2 Å². The highest BCUT2D eigenvalue weighted by Crippen LogP contribution is 2.30. The molecule has 4 rings (SSSR count). The number of carbonyl (C=O) groups is 1. The van der Waals surface area contributed by atoms with Crippen molar-refractivity contribution in [1.29, 1.82) is 0 Å². The Morgan fingerprint density at radius 1 is 1.03 bits per heavy atom. The Hall–Kier alpha value is -4.21. The largest absolute Gasteiger partial charge is 0.416 e. The number of nitrogens with zero attached hydrogens (tertiary/aromatic N) is 3. The van der Waals surface area contributed by atoms with Gasteiger partial charge in [-0.05, 0) is 74.0 Å². The maximum atomic E-state index is 13.6. The summed E-state index contributed by atoms with van der Waals surface area (Å²) in [6.07, 6.45) is -3.92. The van der Waals surface area contributed by atoms with Gasteiger partial charge in [-0.25, -0.2) is 14.2 Å². The summed E-state index contributed by atoms with van der Waals surface area (Å²) in [6, 6.07) is 15.0. The van der Waals surface area contributed by atoms with Crippen molar-refractivity contribution in [2.45, 2.75) is 32.5 Å². The number of urea groups is 1. The molecule has 1 heterocycles. The fraction of sp³-hybridized carbons (Fsp3) is 0.222. The number of amides is 2. The molecule has 0 aliphatic rings. The van der Waals surface area contributed by atoms with Gasteiger partial charge in [-0.1, -0.05) is 19.1 Å². The van der Waals surface area contributed by atoms with Gasteiger partial charge in [0.25, 0.3) is 5.56 Å². The molecule has 0 saturated carbocycles. The van der Waals surface area contributed by atoms with Crippen LogP contribution < -0.4 is 10.9 Å². The highest BCUT2D eigenvalue weighted by atomic mass is 19.4. The highest BCUT2D eigenvalue weighted by Gasteiger charge is 2.30.